The van der Waals surface area contributed by atoms with Crippen molar-refractivity contribution in [2.45, 2.75) is 20.8 Å². The predicted octanol–water partition coefficient (Wildman–Crippen LogP) is 4.90. The average molecular weight is 406 g/mol. The Morgan fingerprint density at radius 1 is 1.17 bits per heavy atom. The van der Waals surface area contributed by atoms with E-state index in [0.29, 0.717) is 5.82 Å². The van der Waals surface area contributed by atoms with Crippen molar-refractivity contribution in [1.29, 1.82) is 0 Å². The Hall–Kier alpha value is -3.46. The minimum atomic E-state index is 0.675. The average Bonchev–Trinajstić information content (AvgIpc) is 3.39. The first-order valence-electron chi connectivity index (χ1n) is 9.04. The maximum Gasteiger partial charge on any atom is 0.144 e. The lowest BCUT2D eigenvalue weighted by Gasteiger charge is -2.09. The van der Waals surface area contributed by atoms with Crippen molar-refractivity contribution in [2.75, 3.05) is 12.4 Å². The minimum absolute atomic E-state index is 0.675. The fourth-order valence-corrected chi connectivity index (χ4v) is 4.15. The van der Waals surface area contributed by atoms with E-state index in [4.69, 9.17) is 9.26 Å². The number of H-pyrrole nitrogens is 1. The summed E-state index contributed by atoms with van der Waals surface area (Å²) < 4.78 is 15.2. The van der Waals surface area contributed by atoms with E-state index in [0.717, 1.165) is 61.1 Å². The molecular weight excluding hydrogens is 388 g/mol. The van der Waals surface area contributed by atoms with Gasteiger partial charge in [-0.15, -0.1) is 0 Å². The third-order valence-corrected chi connectivity index (χ3v) is 5.53. The maximum absolute atomic E-state index is 5.72. The maximum atomic E-state index is 5.72. The number of anilines is 2. The fraction of sp³-hybridized carbons (Fsp3) is 0.200. The van der Waals surface area contributed by atoms with Crippen LogP contribution in [0.25, 0.3) is 33.1 Å². The molecular formula is C20H18N6O2S. The monoisotopic (exact) mass is 406 g/mol. The summed E-state index contributed by atoms with van der Waals surface area (Å²) >= 11 is 1.38. The van der Waals surface area contributed by atoms with Gasteiger partial charge in [-0.25, -0.2) is 9.97 Å². The first kappa shape index (κ1) is 17.6. The van der Waals surface area contributed by atoms with Crippen LogP contribution in [0.1, 0.15) is 17.3 Å². The summed E-state index contributed by atoms with van der Waals surface area (Å²) in [7, 11) is 1.66. The van der Waals surface area contributed by atoms with E-state index in [1.54, 1.807) is 13.3 Å². The molecule has 9 heteroatoms. The first-order chi connectivity index (χ1) is 14.0. The van der Waals surface area contributed by atoms with Crippen molar-refractivity contribution in [2.24, 2.45) is 0 Å². The lowest BCUT2D eigenvalue weighted by Crippen LogP contribution is -1.97. The SMILES string of the molecule is COc1cc2c(cc1-c1c(C)noc1C)[nH]c1nc(C)nc(Nc3ccns3)c12. The van der Waals surface area contributed by atoms with Crippen LogP contribution in [0.5, 0.6) is 5.75 Å². The van der Waals surface area contributed by atoms with Gasteiger partial charge in [-0.3, -0.25) is 0 Å². The number of hydrogen-bond acceptors (Lipinski definition) is 8. The van der Waals surface area contributed by atoms with Crippen LogP contribution in [0.15, 0.2) is 28.9 Å². The van der Waals surface area contributed by atoms with Gasteiger partial charge in [0.15, 0.2) is 0 Å². The third-order valence-electron chi connectivity index (χ3n) is 4.87. The zero-order valence-electron chi connectivity index (χ0n) is 16.3. The highest BCUT2D eigenvalue weighted by atomic mass is 32.1. The molecule has 8 nitrogen and oxygen atoms in total. The smallest absolute Gasteiger partial charge is 0.144 e. The van der Waals surface area contributed by atoms with Gasteiger partial charge in [-0.05, 0) is 50.5 Å². The van der Waals surface area contributed by atoms with Crippen LogP contribution in [0.4, 0.5) is 10.8 Å². The molecule has 0 aliphatic carbocycles. The molecule has 4 aromatic heterocycles. The number of rotatable bonds is 4. The predicted molar refractivity (Wildman–Crippen MR) is 113 cm³/mol. The molecule has 0 unspecified atom stereocenters. The highest BCUT2D eigenvalue weighted by molar-refractivity contribution is 7.10. The van der Waals surface area contributed by atoms with Crippen molar-refractivity contribution < 1.29 is 9.26 Å². The number of ether oxygens (including phenoxy) is 1. The van der Waals surface area contributed by atoms with Crippen molar-refractivity contribution in [3.63, 3.8) is 0 Å². The van der Waals surface area contributed by atoms with Crippen LogP contribution in [0.2, 0.25) is 0 Å². The summed E-state index contributed by atoms with van der Waals surface area (Å²) in [4.78, 5) is 12.6. The zero-order valence-corrected chi connectivity index (χ0v) is 17.1. The molecule has 5 aromatic rings. The lowest BCUT2D eigenvalue weighted by molar-refractivity contribution is 0.393. The van der Waals surface area contributed by atoms with Crippen molar-refractivity contribution in [3.8, 4) is 16.9 Å². The number of aromatic amines is 1. The van der Waals surface area contributed by atoms with Gasteiger partial charge in [-0.2, -0.15) is 4.37 Å². The first-order valence-corrected chi connectivity index (χ1v) is 9.81. The van der Waals surface area contributed by atoms with Gasteiger partial charge < -0.3 is 19.6 Å². The van der Waals surface area contributed by atoms with Crippen LogP contribution in [0.3, 0.4) is 0 Å². The molecule has 0 amide bonds. The van der Waals surface area contributed by atoms with Crippen LogP contribution in [-0.4, -0.2) is 31.6 Å². The third kappa shape index (κ3) is 2.82. The standard InChI is InChI=1S/C20H18N6O2S/c1-9-17(10(2)28-26-9)13-7-14-12(8-15(13)27-4)18-19(24-14)22-11(3)23-20(18)25-16-5-6-21-29-16/h5-8H,1-4H3,(H2,22,23,24,25). The van der Waals surface area contributed by atoms with Gasteiger partial charge in [0.05, 0.1) is 23.8 Å². The Labute approximate surface area is 170 Å². The molecule has 4 heterocycles. The van der Waals surface area contributed by atoms with E-state index < -0.39 is 0 Å². The molecule has 0 atom stereocenters. The van der Waals surface area contributed by atoms with Crippen LogP contribution in [0, 0.1) is 20.8 Å². The van der Waals surface area contributed by atoms with Crippen LogP contribution < -0.4 is 10.1 Å². The zero-order chi connectivity index (χ0) is 20.1. The van der Waals surface area contributed by atoms with E-state index in [2.05, 4.69) is 29.8 Å². The van der Waals surface area contributed by atoms with Gasteiger partial charge in [0.25, 0.3) is 0 Å². The number of methoxy groups -OCH3 is 1. The second kappa shape index (κ2) is 6.56. The Morgan fingerprint density at radius 2 is 2.03 bits per heavy atom. The largest absolute Gasteiger partial charge is 0.496 e. The van der Waals surface area contributed by atoms with Gasteiger partial charge in [0, 0.05) is 22.7 Å². The number of nitrogens with one attached hydrogen (secondary N) is 2. The topological polar surface area (TPSA) is 102 Å². The van der Waals surface area contributed by atoms with Crippen LogP contribution >= 0.6 is 11.5 Å². The minimum Gasteiger partial charge on any atom is -0.496 e. The Morgan fingerprint density at radius 3 is 2.72 bits per heavy atom. The van der Waals surface area contributed by atoms with Gasteiger partial charge in [0.2, 0.25) is 0 Å². The Kier molecular flexibility index (Phi) is 3.99. The van der Waals surface area contributed by atoms with Crippen molar-refractivity contribution in [3.05, 3.63) is 41.7 Å². The van der Waals surface area contributed by atoms with E-state index in [1.807, 2.05) is 39.0 Å². The number of nitrogens with zero attached hydrogens (tertiary/aromatic N) is 4. The molecule has 1 aromatic carbocycles. The van der Waals surface area contributed by atoms with Crippen molar-refractivity contribution >= 4 is 44.3 Å². The van der Waals surface area contributed by atoms with Crippen molar-refractivity contribution in [1.82, 2.24) is 24.5 Å². The second-order valence-corrected chi connectivity index (χ2v) is 7.60. The summed E-state index contributed by atoms with van der Waals surface area (Å²) in [5.74, 6) is 2.89. The Balaban J connectivity index is 1.79. The molecule has 0 aliphatic heterocycles. The highest BCUT2D eigenvalue weighted by Crippen LogP contribution is 2.41. The molecule has 2 N–H and O–H groups in total. The van der Waals surface area contributed by atoms with Gasteiger partial charge >= 0.3 is 0 Å². The van der Waals surface area contributed by atoms with E-state index >= 15 is 0 Å². The van der Waals surface area contributed by atoms with Gasteiger partial charge in [-0.1, -0.05) is 5.16 Å². The molecule has 0 bridgehead atoms. The lowest BCUT2D eigenvalue weighted by atomic mass is 10.0. The van der Waals surface area contributed by atoms with Gasteiger partial charge in [0.1, 0.15) is 33.8 Å². The van der Waals surface area contributed by atoms with E-state index in [-0.39, 0.29) is 0 Å². The normalized spacial score (nSPS) is 11.4. The number of benzene rings is 1. The highest BCUT2D eigenvalue weighted by Gasteiger charge is 2.20. The molecule has 5 rings (SSSR count). The molecule has 0 fully saturated rings. The summed E-state index contributed by atoms with van der Waals surface area (Å²) in [6.45, 7) is 5.70. The number of hydrogen-bond donors (Lipinski definition) is 2. The Bertz CT molecular complexity index is 1330. The molecule has 146 valence electrons. The molecule has 29 heavy (non-hydrogen) atoms. The molecule has 0 aliphatic rings. The van der Waals surface area contributed by atoms with E-state index in [9.17, 15) is 0 Å². The second-order valence-electron chi connectivity index (χ2n) is 6.77. The summed E-state index contributed by atoms with van der Waals surface area (Å²) in [5, 5.41) is 10.2. The summed E-state index contributed by atoms with van der Waals surface area (Å²) in [6.07, 6.45) is 1.76. The number of fused-ring (bicyclic) bond motifs is 3. The van der Waals surface area contributed by atoms with E-state index in [1.165, 1.54) is 11.5 Å². The number of aryl methyl sites for hydroxylation is 3. The number of aromatic nitrogens is 5. The molecule has 0 radical (unpaired) electrons. The van der Waals surface area contributed by atoms with Crippen LogP contribution in [-0.2, 0) is 0 Å². The summed E-state index contributed by atoms with van der Waals surface area (Å²) in [6, 6.07) is 5.97. The quantitative estimate of drug-likeness (QED) is 0.438. The fourth-order valence-electron chi connectivity index (χ4n) is 3.65. The molecule has 0 spiro atoms. The molecule has 0 saturated carbocycles. The summed E-state index contributed by atoms with van der Waals surface area (Å²) in [5.41, 5.74) is 4.37. The molecule has 0 saturated heterocycles.